The molecule has 0 amide bonds. The lowest BCUT2D eigenvalue weighted by atomic mass is 10.2. The zero-order valence-electron chi connectivity index (χ0n) is 12.1. The van der Waals surface area contributed by atoms with Crippen molar-refractivity contribution in [3.63, 3.8) is 0 Å². The molecule has 0 aliphatic heterocycles. The van der Waals surface area contributed by atoms with E-state index in [0.29, 0.717) is 13.2 Å². The van der Waals surface area contributed by atoms with Crippen molar-refractivity contribution >= 4 is 12.2 Å². The van der Waals surface area contributed by atoms with Gasteiger partial charge in [0.05, 0.1) is 13.2 Å². The average Bonchev–Trinajstić information content (AvgIpc) is 2.55. The van der Waals surface area contributed by atoms with Gasteiger partial charge in [-0.3, -0.25) is 0 Å². The number of rotatable bonds is 8. The summed E-state index contributed by atoms with van der Waals surface area (Å²) in [5, 5.41) is 0. The molecule has 0 unspecified atom stereocenters. The van der Waals surface area contributed by atoms with Gasteiger partial charge < -0.3 is 9.47 Å². The van der Waals surface area contributed by atoms with Crippen molar-refractivity contribution in [1.82, 2.24) is 0 Å². The van der Waals surface area contributed by atoms with E-state index >= 15 is 0 Å². The Morgan fingerprint density at radius 3 is 1.38 bits per heavy atom. The van der Waals surface area contributed by atoms with Crippen molar-refractivity contribution in [2.75, 3.05) is 13.2 Å². The first-order valence-electron chi connectivity index (χ1n) is 7.02. The molecule has 0 bridgehead atoms. The minimum Gasteiger partial charge on any atom is -0.493 e. The van der Waals surface area contributed by atoms with Crippen LogP contribution < -0.4 is 9.47 Å². The molecule has 0 aromatic heterocycles. The summed E-state index contributed by atoms with van der Waals surface area (Å²) < 4.78 is 11.3. The molecule has 0 heterocycles. The standard InChI is InChI=1S/C19H20O2/c1-3-16-6-10-18(11-7-16)20-14-5-15-21-19-12-8-17(4-2)9-13-19/h3-4,6-13H,1-2,5,14-15H2. The van der Waals surface area contributed by atoms with Gasteiger partial charge in [-0.1, -0.05) is 49.6 Å². The predicted octanol–water partition coefficient (Wildman–Crippen LogP) is 4.82. The minimum absolute atomic E-state index is 0.637. The maximum atomic E-state index is 5.65. The van der Waals surface area contributed by atoms with Crippen LogP contribution in [0.4, 0.5) is 0 Å². The van der Waals surface area contributed by atoms with E-state index in [-0.39, 0.29) is 0 Å². The van der Waals surface area contributed by atoms with Crippen molar-refractivity contribution in [3.05, 3.63) is 72.8 Å². The van der Waals surface area contributed by atoms with Crippen LogP contribution in [0.2, 0.25) is 0 Å². The van der Waals surface area contributed by atoms with Gasteiger partial charge in [-0.15, -0.1) is 0 Å². The van der Waals surface area contributed by atoms with Crippen LogP contribution >= 0.6 is 0 Å². The fourth-order valence-corrected chi connectivity index (χ4v) is 1.84. The highest BCUT2D eigenvalue weighted by Crippen LogP contribution is 2.14. The van der Waals surface area contributed by atoms with Crippen LogP contribution in [-0.2, 0) is 0 Å². The smallest absolute Gasteiger partial charge is 0.119 e. The van der Waals surface area contributed by atoms with Gasteiger partial charge in [-0.25, -0.2) is 0 Å². The monoisotopic (exact) mass is 280 g/mol. The van der Waals surface area contributed by atoms with Crippen LogP contribution in [-0.4, -0.2) is 13.2 Å². The number of hydrogen-bond acceptors (Lipinski definition) is 2. The quantitative estimate of drug-likeness (QED) is 0.645. The Morgan fingerprint density at radius 2 is 1.05 bits per heavy atom. The molecule has 21 heavy (non-hydrogen) atoms. The van der Waals surface area contributed by atoms with Crippen molar-refractivity contribution in [2.45, 2.75) is 6.42 Å². The number of hydrogen-bond donors (Lipinski definition) is 0. The van der Waals surface area contributed by atoms with Gasteiger partial charge in [0.1, 0.15) is 11.5 Å². The highest BCUT2D eigenvalue weighted by atomic mass is 16.5. The lowest BCUT2D eigenvalue weighted by molar-refractivity contribution is 0.247. The van der Waals surface area contributed by atoms with Crippen LogP contribution in [0.1, 0.15) is 17.5 Å². The molecule has 0 aliphatic carbocycles. The molecule has 0 radical (unpaired) electrons. The first-order valence-corrected chi connectivity index (χ1v) is 7.02. The molecule has 0 aliphatic rings. The fraction of sp³-hybridized carbons (Fsp3) is 0.158. The molecule has 2 aromatic carbocycles. The molecular weight excluding hydrogens is 260 g/mol. The average molecular weight is 280 g/mol. The van der Waals surface area contributed by atoms with Gasteiger partial charge >= 0.3 is 0 Å². The molecule has 0 spiro atoms. The van der Waals surface area contributed by atoms with Crippen molar-refractivity contribution in [2.24, 2.45) is 0 Å². The normalized spacial score (nSPS) is 9.90. The first-order chi connectivity index (χ1) is 10.3. The van der Waals surface area contributed by atoms with Gasteiger partial charge in [0.15, 0.2) is 0 Å². The summed E-state index contributed by atoms with van der Waals surface area (Å²) in [5.41, 5.74) is 2.18. The molecule has 0 fully saturated rings. The van der Waals surface area contributed by atoms with E-state index in [4.69, 9.17) is 9.47 Å². The van der Waals surface area contributed by atoms with Crippen LogP contribution in [0.3, 0.4) is 0 Å². The van der Waals surface area contributed by atoms with Gasteiger partial charge in [0, 0.05) is 6.42 Å². The predicted molar refractivity (Wildman–Crippen MR) is 88.7 cm³/mol. The van der Waals surface area contributed by atoms with E-state index in [1.165, 1.54) is 0 Å². The summed E-state index contributed by atoms with van der Waals surface area (Å²) in [6.07, 6.45) is 4.47. The van der Waals surface area contributed by atoms with E-state index in [1.54, 1.807) is 0 Å². The Balaban J connectivity index is 1.66. The van der Waals surface area contributed by atoms with Gasteiger partial charge in [-0.2, -0.15) is 0 Å². The molecule has 2 heteroatoms. The van der Waals surface area contributed by atoms with Crippen molar-refractivity contribution < 1.29 is 9.47 Å². The van der Waals surface area contributed by atoms with E-state index in [0.717, 1.165) is 29.0 Å². The third kappa shape index (κ3) is 4.84. The molecule has 0 N–H and O–H groups in total. The lowest BCUT2D eigenvalue weighted by Gasteiger charge is -2.08. The number of benzene rings is 2. The second-order valence-electron chi connectivity index (χ2n) is 4.60. The summed E-state index contributed by atoms with van der Waals surface area (Å²) in [6, 6.07) is 15.7. The van der Waals surface area contributed by atoms with Crippen LogP contribution in [0, 0.1) is 0 Å². The third-order valence-corrected chi connectivity index (χ3v) is 3.06. The topological polar surface area (TPSA) is 18.5 Å². The molecule has 2 rings (SSSR count). The zero-order chi connectivity index (χ0) is 14.9. The Labute approximate surface area is 126 Å². The second-order valence-corrected chi connectivity index (χ2v) is 4.60. The summed E-state index contributed by atoms with van der Waals surface area (Å²) in [5.74, 6) is 1.74. The van der Waals surface area contributed by atoms with Crippen LogP contribution in [0.25, 0.3) is 12.2 Å². The summed E-state index contributed by atoms with van der Waals surface area (Å²) in [6.45, 7) is 8.72. The molecule has 0 atom stereocenters. The Morgan fingerprint density at radius 1 is 0.667 bits per heavy atom. The largest absolute Gasteiger partial charge is 0.493 e. The second kappa shape index (κ2) is 7.95. The van der Waals surface area contributed by atoms with Gasteiger partial charge in [0.25, 0.3) is 0 Å². The first kappa shape index (κ1) is 14.9. The van der Waals surface area contributed by atoms with Crippen LogP contribution in [0.15, 0.2) is 61.7 Å². The summed E-state index contributed by atoms with van der Waals surface area (Å²) >= 11 is 0. The molecule has 2 nitrogen and oxygen atoms in total. The molecule has 108 valence electrons. The third-order valence-electron chi connectivity index (χ3n) is 3.06. The summed E-state index contributed by atoms with van der Waals surface area (Å²) in [4.78, 5) is 0. The maximum absolute atomic E-state index is 5.65. The van der Waals surface area contributed by atoms with Gasteiger partial charge in [-0.05, 0) is 35.4 Å². The molecule has 0 saturated heterocycles. The van der Waals surface area contributed by atoms with Crippen molar-refractivity contribution in [1.29, 1.82) is 0 Å². The van der Waals surface area contributed by atoms with Crippen LogP contribution in [0.5, 0.6) is 11.5 Å². The molecule has 0 saturated carbocycles. The number of ether oxygens (including phenoxy) is 2. The van der Waals surface area contributed by atoms with E-state index in [9.17, 15) is 0 Å². The highest BCUT2D eigenvalue weighted by Gasteiger charge is 1.96. The fourth-order valence-electron chi connectivity index (χ4n) is 1.84. The maximum Gasteiger partial charge on any atom is 0.119 e. The zero-order valence-corrected chi connectivity index (χ0v) is 12.1. The highest BCUT2D eigenvalue weighted by molar-refractivity contribution is 5.48. The van der Waals surface area contributed by atoms with Gasteiger partial charge in [0.2, 0.25) is 0 Å². The Bertz CT molecular complexity index is 514. The Kier molecular flexibility index (Phi) is 5.65. The van der Waals surface area contributed by atoms with Crippen molar-refractivity contribution in [3.8, 4) is 11.5 Å². The van der Waals surface area contributed by atoms with E-state index in [1.807, 2.05) is 60.7 Å². The van der Waals surface area contributed by atoms with E-state index < -0.39 is 0 Å². The van der Waals surface area contributed by atoms with E-state index in [2.05, 4.69) is 13.2 Å². The minimum atomic E-state index is 0.637. The lowest BCUT2D eigenvalue weighted by Crippen LogP contribution is -2.04. The molecule has 2 aromatic rings. The summed E-state index contributed by atoms with van der Waals surface area (Å²) in [7, 11) is 0. The molecular formula is C19H20O2. The SMILES string of the molecule is C=Cc1ccc(OCCCOc2ccc(C=C)cc2)cc1. The Hall–Kier alpha value is -2.48.